The number of amides is 1. The van der Waals surface area contributed by atoms with Gasteiger partial charge >= 0.3 is 0 Å². The Morgan fingerprint density at radius 2 is 1.42 bits per heavy atom. The van der Waals surface area contributed by atoms with E-state index in [2.05, 4.69) is 55.6 Å². The molecule has 6 nitrogen and oxygen atoms in total. The minimum absolute atomic E-state index is 0.170. The molecule has 0 bridgehead atoms. The third-order valence-corrected chi connectivity index (χ3v) is 5.49. The van der Waals surface area contributed by atoms with Crippen LogP contribution in [-0.4, -0.2) is 41.9 Å². The monoisotopic (exact) mass is 481 g/mol. The third kappa shape index (κ3) is 21.6. The van der Waals surface area contributed by atoms with Crippen LogP contribution in [0.4, 0.5) is 0 Å². The molecule has 0 aliphatic heterocycles. The van der Waals surface area contributed by atoms with Gasteiger partial charge in [0.1, 0.15) is 0 Å². The summed E-state index contributed by atoms with van der Waals surface area (Å²) in [5, 5.41) is 12.8. The van der Waals surface area contributed by atoms with Crippen LogP contribution in [0.2, 0.25) is 0 Å². The number of hydrogen-bond donors (Lipinski definition) is 3. The van der Waals surface area contributed by atoms with Crippen molar-refractivity contribution < 1.29 is 22.9 Å². The fourth-order valence-electron chi connectivity index (χ4n) is 2.93. The van der Waals surface area contributed by atoms with Gasteiger partial charge in [0.25, 0.3) is 10.1 Å². The van der Waals surface area contributed by atoms with Gasteiger partial charge in [-0.2, -0.15) is 8.42 Å². The fraction of sp³-hybridized carbons (Fsp3) is 0.577. The lowest BCUT2D eigenvalue weighted by Crippen LogP contribution is -2.46. The lowest BCUT2D eigenvalue weighted by atomic mass is 10.1. The molecule has 0 aliphatic rings. The summed E-state index contributed by atoms with van der Waals surface area (Å²) in [5.41, 5.74) is 0. The van der Waals surface area contributed by atoms with Gasteiger partial charge in [0.2, 0.25) is 5.91 Å². The zero-order valence-corrected chi connectivity index (χ0v) is 21.1. The van der Waals surface area contributed by atoms with Gasteiger partial charge in [0.05, 0.1) is 17.9 Å². The molecular weight excluding hydrogens is 438 g/mol. The predicted molar refractivity (Wildman–Crippen MR) is 138 cm³/mol. The first-order valence-electron chi connectivity index (χ1n) is 12.0. The normalized spacial score (nSPS) is 14.9. The highest BCUT2D eigenvalue weighted by Crippen LogP contribution is 2.05. The van der Waals surface area contributed by atoms with Crippen molar-refractivity contribution in [2.75, 3.05) is 5.75 Å². The van der Waals surface area contributed by atoms with Gasteiger partial charge in [0, 0.05) is 6.42 Å². The molecular formula is C26H43NO5S. The van der Waals surface area contributed by atoms with Crippen molar-refractivity contribution in [1.29, 1.82) is 0 Å². The molecule has 1 amide bonds. The highest BCUT2D eigenvalue weighted by atomic mass is 32.2. The van der Waals surface area contributed by atoms with Gasteiger partial charge in [-0.05, 0) is 44.9 Å². The Morgan fingerprint density at radius 1 is 0.848 bits per heavy atom. The number of unbranched alkanes of at least 4 members (excludes halogenated alkanes) is 3. The first-order valence-corrected chi connectivity index (χ1v) is 13.6. The van der Waals surface area contributed by atoms with Crippen LogP contribution in [-0.2, 0) is 14.9 Å². The van der Waals surface area contributed by atoms with Gasteiger partial charge in [-0.3, -0.25) is 9.35 Å². The van der Waals surface area contributed by atoms with E-state index in [1.165, 1.54) is 6.08 Å². The summed E-state index contributed by atoms with van der Waals surface area (Å²) >= 11 is 0. The van der Waals surface area contributed by atoms with Crippen molar-refractivity contribution in [2.24, 2.45) is 0 Å². The SMILES string of the molecule is CC/C=C\C/C=C\C/C=C\C/C=C\CCC(=O)NC(CS(=O)(=O)O)C(O)/C=C/CCCCC. The van der Waals surface area contributed by atoms with E-state index in [0.29, 0.717) is 6.42 Å². The number of aliphatic hydroxyl groups is 1. The van der Waals surface area contributed by atoms with E-state index in [4.69, 9.17) is 4.55 Å². The summed E-state index contributed by atoms with van der Waals surface area (Å²) in [6.45, 7) is 4.21. The maximum absolute atomic E-state index is 12.2. The summed E-state index contributed by atoms with van der Waals surface area (Å²) < 4.78 is 31.7. The molecule has 0 fully saturated rings. The molecule has 7 heteroatoms. The van der Waals surface area contributed by atoms with Crippen LogP contribution >= 0.6 is 0 Å². The zero-order valence-electron chi connectivity index (χ0n) is 20.2. The standard InChI is InChI=1S/C26H43NO5S/c1-3-5-7-9-10-11-12-13-14-15-16-18-20-22-26(29)27-24(23-33(30,31)32)25(28)21-19-17-8-6-4-2/h5,7,10-11,13-14,16,18-19,21,24-25,28H,3-4,6,8-9,12,15,17,20,22-23H2,1-2H3,(H,27,29)(H,30,31,32)/b7-5-,11-10-,14-13-,18-16-,21-19+. The van der Waals surface area contributed by atoms with Crippen LogP contribution in [0.15, 0.2) is 60.8 Å². The van der Waals surface area contributed by atoms with Gasteiger partial charge < -0.3 is 10.4 Å². The third-order valence-electron chi connectivity index (χ3n) is 4.71. The number of rotatable bonds is 19. The summed E-state index contributed by atoms with van der Waals surface area (Å²) in [4.78, 5) is 12.2. The van der Waals surface area contributed by atoms with E-state index in [9.17, 15) is 18.3 Å². The Bertz CT molecular complexity index is 751. The van der Waals surface area contributed by atoms with Gasteiger partial charge in [-0.15, -0.1) is 0 Å². The Kier molecular flexibility index (Phi) is 19.4. The zero-order chi connectivity index (χ0) is 24.8. The minimum atomic E-state index is -4.34. The van der Waals surface area contributed by atoms with Gasteiger partial charge in [-0.25, -0.2) is 0 Å². The maximum atomic E-state index is 12.2. The summed E-state index contributed by atoms with van der Waals surface area (Å²) in [7, 11) is -4.34. The van der Waals surface area contributed by atoms with Crippen LogP contribution in [0.5, 0.6) is 0 Å². The maximum Gasteiger partial charge on any atom is 0.267 e. The predicted octanol–water partition coefficient (Wildman–Crippen LogP) is 5.44. The molecule has 0 aromatic heterocycles. The average molecular weight is 482 g/mol. The van der Waals surface area contributed by atoms with Crippen molar-refractivity contribution in [3.05, 3.63) is 60.8 Å². The number of carbonyl (C=O) groups is 1. The topological polar surface area (TPSA) is 104 Å². The quantitative estimate of drug-likeness (QED) is 0.129. The Morgan fingerprint density at radius 3 is 1.97 bits per heavy atom. The molecule has 0 saturated carbocycles. The molecule has 0 spiro atoms. The van der Waals surface area contributed by atoms with Gasteiger partial charge in [0.15, 0.2) is 0 Å². The molecule has 0 aromatic carbocycles. The number of nitrogens with one attached hydrogen (secondary N) is 1. The fourth-order valence-corrected chi connectivity index (χ4v) is 3.66. The lowest BCUT2D eigenvalue weighted by molar-refractivity contribution is -0.122. The second-order valence-corrected chi connectivity index (χ2v) is 9.37. The largest absolute Gasteiger partial charge is 0.387 e. The average Bonchev–Trinajstić information content (AvgIpc) is 2.75. The molecule has 2 unspecified atom stereocenters. The lowest BCUT2D eigenvalue weighted by Gasteiger charge is -2.20. The molecule has 0 saturated heterocycles. The van der Waals surface area contributed by atoms with Crippen LogP contribution in [0.1, 0.15) is 78.1 Å². The van der Waals surface area contributed by atoms with Crippen LogP contribution in [0.25, 0.3) is 0 Å². The van der Waals surface area contributed by atoms with Crippen molar-refractivity contribution in [1.82, 2.24) is 5.32 Å². The van der Waals surface area contributed by atoms with E-state index in [-0.39, 0.29) is 12.3 Å². The van der Waals surface area contributed by atoms with Crippen molar-refractivity contribution in [3.8, 4) is 0 Å². The van der Waals surface area contributed by atoms with E-state index < -0.39 is 28.0 Å². The summed E-state index contributed by atoms with van der Waals surface area (Å²) in [6.07, 6.45) is 26.9. The molecule has 3 N–H and O–H groups in total. The number of aliphatic hydroxyl groups excluding tert-OH is 1. The first kappa shape index (κ1) is 31.0. The van der Waals surface area contributed by atoms with Crippen molar-refractivity contribution in [3.63, 3.8) is 0 Å². The Hall–Kier alpha value is -1.96. The molecule has 0 radical (unpaired) electrons. The first-order chi connectivity index (χ1) is 15.8. The highest BCUT2D eigenvalue weighted by molar-refractivity contribution is 7.85. The van der Waals surface area contributed by atoms with Crippen molar-refractivity contribution >= 4 is 16.0 Å². The number of hydrogen-bond acceptors (Lipinski definition) is 4. The highest BCUT2D eigenvalue weighted by Gasteiger charge is 2.24. The summed E-state index contributed by atoms with van der Waals surface area (Å²) in [6, 6.07) is -1.09. The second kappa shape index (κ2) is 20.6. The molecule has 0 heterocycles. The van der Waals surface area contributed by atoms with E-state index in [1.807, 2.05) is 12.2 Å². The van der Waals surface area contributed by atoms with Crippen LogP contribution in [0, 0.1) is 0 Å². The Labute approximate surface area is 201 Å². The Balaban J connectivity index is 4.34. The number of allylic oxidation sites excluding steroid dienone is 9. The number of carbonyl (C=O) groups excluding carboxylic acids is 1. The second-order valence-electron chi connectivity index (χ2n) is 7.88. The van der Waals surface area contributed by atoms with Crippen molar-refractivity contribution in [2.45, 2.75) is 90.2 Å². The summed E-state index contributed by atoms with van der Waals surface area (Å²) in [5.74, 6) is -1.10. The molecule has 2 atom stereocenters. The van der Waals surface area contributed by atoms with E-state index >= 15 is 0 Å². The molecule has 33 heavy (non-hydrogen) atoms. The minimum Gasteiger partial charge on any atom is -0.387 e. The molecule has 0 aromatic rings. The van der Waals surface area contributed by atoms with Crippen LogP contribution < -0.4 is 5.32 Å². The van der Waals surface area contributed by atoms with E-state index in [0.717, 1.165) is 51.4 Å². The molecule has 0 rings (SSSR count). The van der Waals surface area contributed by atoms with Crippen LogP contribution in [0.3, 0.4) is 0 Å². The smallest absolute Gasteiger partial charge is 0.267 e. The molecule has 188 valence electrons. The van der Waals surface area contributed by atoms with E-state index in [1.54, 1.807) is 6.08 Å². The van der Waals surface area contributed by atoms with Gasteiger partial charge in [-0.1, -0.05) is 87.4 Å². The molecule has 0 aliphatic carbocycles.